The van der Waals surface area contributed by atoms with Gasteiger partial charge in [-0.25, -0.2) is 14.2 Å². The van der Waals surface area contributed by atoms with E-state index in [0.717, 1.165) is 18.8 Å². The van der Waals surface area contributed by atoms with Gasteiger partial charge in [-0.05, 0) is 30.2 Å². The molecule has 5 nitrogen and oxygen atoms in total. The summed E-state index contributed by atoms with van der Waals surface area (Å²) in [5.74, 6) is 0. The number of hydrogen-bond donors (Lipinski definition) is 0. The van der Waals surface area contributed by atoms with Crippen molar-refractivity contribution < 1.29 is 0 Å². The summed E-state index contributed by atoms with van der Waals surface area (Å²) in [5.41, 5.74) is 6.05. The Bertz CT molecular complexity index is 1110. The highest BCUT2D eigenvalue weighted by atomic mass is 31.2. The molecule has 0 fully saturated rings. The second-order valence-corrected chi connectivity index (χ2v) is 11.7. The summed E-state index contributed by atoms with van der Waals surface area (Å²) in [5, 5.41) is 6.11. The first-order chi connectivity index (χ1) is 14.8. The second kappa shape index (κ2) is 7.96. The number of fused-ring (bicyclic) bond motifs is 1. The predicted octanol–water partition coefficient (Wildman–Crippen LogP) is 6.57. The molecule has 0 saturated carbocycles. The number of para-hydroxylation sites is 1. The van der Waals surface area contributed by atoms with Gasteiger partial charge in [0, 0.05) is 44.0 Å². The highest BCUT2D eigenvalue weighted by Gasteiger charge is 2.47. The van der Waals surface area contributed by atoms with Gasteiger partial charge in [0.15, 0.2) is 7.36 Å². The Morgan fingerprint density at radius 2 is 1.65 bits per heavy atom. The molecule has 0 spiro atoms. The molecule has 2 aromatic carbocycles. The minimum absolute atomic E-state index is 0.127. The molecule has 1 atom stereocenters. The SMILES string of the molecule is CCN(CC)[P@@]1(=Nc2ccccc2C)/C(=C2\N(C)c3ccccc3C2(C)C)C=NN1C. The molecule has 0 amide bonds. The first-order valence-corrected chi connectivity index (χ1v) is 12.7. The first-order valence-electron chi connectivity index (χ1n) is 11.1. The van der Waals surface area contributed by atoms with Crippen LogP contribution in [0.15, 0.2) is 69.4 Å². The highest BCUT2D eigenvalue weighted by molar-refractivity contribution is 7.67. The minimum Gasteiger partial charge on any atom is -0.346 e. The molecule has 0 N–H and O–H groups in total. The number of nitrogens with zero attached hydrogens (tertiary/aromatic N) is 5. The number of hydrazone groups is 1. The molecule has 164 valence electrons. The number of likely N-dealkylation sites (N-methyl/N-ethyl adjacent to an activating group) is 1. The maximum Gasteiger partial charge on any atom is 0.174 e. The van der Waals surface area contributed by atoms with Crippen LogP contribution in [0.25, 0.3) is 0 Å². The molecule has 0 aromatic heterocycles. The van der Waals surface area contributed by atoms with Gasteiger partial charge in [0.05, 0.1) is 17.2 Å². The molecule has 4 rings (SSSR count). The Balaban J connectivity index is 2.08. The van der Waals surface area contributed by atoms with Crippen molar-refractivity contribution in [3.8, 4) is 0 Å². The minimum atomic E-state index is -2.29. The van der Waals surface area contributed by atoms with Gasteiger partial charge >= 0.3 is 0 Å². The van der Waals surface area contributed by atoms with E-state index >= 15 is 0 Å². The van der Waals surface area contributed by atoms with Crippen molar-refractivity contribution in [1.29, 1.82) is 0 Å². The number of anilines is 1. The highest BCUT2D eigenvalue weighted by Crippen LogP contribution is 2.69. The number of rotatable bonds is 4. The van der Waals surface area contributed by atoms with Crippen molar-refractivity contribution in [2.75, 3.05) is 32.1 Å². The maximum atomic E-state index is 5.55. The van der Waals surface area contributed by atoms with E-state index in [1.54, 1.807) is 0 Å². The monoisotopic (exact) mass is 435 g/mol. The van der Waals surface area contributed by atoms with Crippen LogP contribution in [0.2, 0.25) is 0 Å². The smallest absolute Gasteiger partial charge is 0.174 e. The van der Waals surface area contributed by atoms with Crippen LogP contribution in [0.1, 0.15) is 38.8 Å². The zero-order valence-corrected chi connectivity index (χ0v) is 20.7. The van der Waals surface area contributed by atoms with Gasteiger partial charge in [-0.3, -0.25) is 0 Å². The van der Waals surface area contributed by atoms with E-state index in [9.17, 15) is 0 Å². The van der Waals surface area contributed by atoms with Crippen LogP contribution in [0.3, 0.4) is 0 Å². The third-order valence-corrected chi connectivity index (χ3v) is 10.4. The van der Waals surface area contributed by atoms with E-state index in [1.165, 1.54) is 27.8 Å². The largest absolute Gasteiger partial charge is 0.346 e. The molecule has 2 aliphatic rings. The van der Waals surface area contributed by atoms with Gasteiger partial charge in [-0.2, -0.15) is 5.10 Å². The Morgan fingerprint density at radius 1 is 1.00 bits per heavy atom. The number of hydrogen-bond acceptors (Lipinski definition) is 3. The number of aryl methyl sites for hydroxylation is 1. The fourth-order valence-corrected chi connectivity index (χ4v) is 8.84. The van der Waals surface area contributed by atoms with Crippen molar-refractivity contribution in [2.24, 2.45) is 9.85 Å². The number of allylic oxidation sites excluding steroid dienone is 2. The van der Waals surface area contributed by atoms with Gasteiger partial charge in [0.1, 0.15) is 0 Å². The van der Waals surface area contributed by atoms with Gasteiger partial charge in [-0.1, -0.05) is 64.1 Å². The standard InChI is InChI=1S/C25H34N5P/c1-8-30(9-2)31(27-21-16-12-10-14-19(21)3)23(18-26-29(31)7)24-25(4,5)20-15-11-13-17-22(20)28(24)6/h10-18H,8-9H2,1-7H3/b24-23-/t31-/m1/s1. The van der Waals surface area contributed by atoms with Crippen LogP contribution in [-0.4, -0.2) is 42.8 Å². The van der Waals surface area contributed by atoms with E-state index in [-0.39, 0.29) is 5.41 Å². The molecule has 0 aliphatic carbocycles. The van der Waals surface area contributed by atoms with Gasteiger partial charge in [0.2, 0.25) is 0 Å². The van der Waals surface area contributed by atoms with Gasteiger partial charge in [0.25, 0.3) is 0 Å². The molecule has 6 heteroatoms. The molecule has 2 aliphatic heterocycles. The Hall–Kier alpha value is -2.36. The van der Waals surface area contributed by atoms with Crippen LogP contribution in [-0.2, 0) is 5.41 Å². The summed E-state index contributed by atoms with van der Waals surface area (Å²) in [6.07, 6.45) is 2.08. The van der Waals surface area contributed by atoms with Crippen molar-refractivity contribution >= 4 is 24.9 Å². The van der Waals surface area contributed by atoms with Crippen molar-refractivity contribution in [3.63, 3.8) is 0 Å². The molecular weight excluding hydrogens is 401 g/mol. The van der Waals surface area contributed by atoms with E-state index in [0.29, 0.717) is 0 Å². The van der Waals surface area contributed by atoms with Gasteiger partial charge in [-0.15, -0.1) is 0 Å². The zero-order valence-electron chi connectivity index (χ0n) is 19.8. The Morgan fingerprint density at radius 3 is 2.29 bits per heavy atom. The van der Waals surface area contributed by atoms with Crippen molar-refractivity contribution in [2.45, 2.75) is 40.0 Å². The lowest BCUT2D eigenvalue weighted by atomic mass is 9.84. The summed E-state index contributed by atoms with van der Waals surface area (Å²) in [6, 6.07) is 17.2. The maximum absolute atomic E-state index is 5.55. The summed E-state index contributed by atoms with van der Waals surface area (Å²) in [4.78, 5) is 2.36. The lowest BCUT2D eigenvalue weighted by molar-refractivity contribution is 0.452. The average molecular weight is 436 g/mol. The normalized spacial score (nSPS) is 24.3. The molecule has 0 radical (unpaired) electrons. The van der Waals surface area contributed by atoms with E-state index in [1.807, 2.05) is 0 Å². The first kappa shape index (κ1) is 21.9. The molecule has 2 aromatic rings. The lowest BCUT2D eigenvalue weighted by Crippen LogP contribution is -2.30. The molecule has 0 unspecified atom stereocenters. The van der Waals surface area contributed by atoms with Crippen LogP contribution < -0.4 is 4.90 Å². The van der Waals surface area contributed by atoms with E-state index in [2.05, 4.69) is 118 Å². The number of benzene rings is 2. The van der Waals surface area contributed by atoms with Crippen LogP contribution in [0.5, 0.6) is 0 Å². The molecule has 2 heterocycles. The average Bonchev–Trinajstić information content (AvgIpc) is 3.16. The predicted molar refractivity (Wildman–Crippen MR) is 134 cm³/mol. The Labute approximate surface area is 187 Å². The van der Waals surface area contributed by atoms with Crippen LogP contribution in [0, 0.1) is 6.92 Å². The van der Waals surface area contributed by atoms with E-state index < -0.39 is 7.36 Å². The fraction of sp³-hybridized carbons (Fsp3) is 0.400. The Kier molecular flexibility index (Phi) is 5.61. The summed E-state index contributed by atoms with van der Waals surface area (Å²) < 4.78 is 10.2. The van der Waals surface area contributed by atoms with E-state index in [4.69, 9.17) is 9.85 Å². The zero-order chi connectivity index (χ0) is 22.4. The summed E-state index contributed by atoms with van der Waals surface area (Å²) >= 11 is 0. The molecule has 31 heavy (non-hydrogen) atoms. The summed E-state index contributed by atoms with van der Waals surface area (Å²) in [6.45, 7) is 13.1. The van der Waals surface area contributed by atoms with Crippen molar-refractivity contribution in [1.82, 2.24) is 9.45 Å². The third kappa shape index (κ3) is 3.18. The summed E-state index contributed by atoms with van der Waals surface area (Å²) in [7, 11) is 1.98. The third-order valence-electron chi connectivity index (χ3n) is 6.67. The fourth-order valence-electron chi connectivity index (χ4n) is 5.06. The second-order valence-electron chi connectivity index (χ2n) is 8.76. The molecule has 0 bridgehead atoms. The molecular formula is C25H34N5P. The van der Waals surface area contributed by atoms with Crippen LogP contribution in [0.4, 0.5) is 11.4 Å². The van der Waals surface area contributed by atoms with Crippen LogP contribution >= 0.6 is 7.36 Å². The molecule has 0 saturated heterocycles. The topological polar surface area (TPSA) is 34.4 Å². The lowest BCUT2D eigenvalue weighted by Gasteiger charge is -2.39. The van der Waals surface area contributed by atoms with Crippen molar-refractivity contribution in [3.05, 3.63) is 70.7 Å². The quantitative estimate of drug-likeness (QED) is 0.510. The van der Waals surface area contributed by atoms with Gasteiger partial charge < -0.3 is 4.90 Å².